The number of methoxy groups -OCH3 is 1. The SMILES string of the molecule is COCCNC(=O)OCF. The van der Waals surface area contributed by atoms with Crippen LogP contribution in [0.4, 0.5) is 9.18 Å². The zero-order chi connectivity index (χ0) is 7.82. The van der Waals surface area contributed by atoms with Gasteiger partial charge in [0.25, 0.3) is 0 Å². The highest BCUT2D eigenvalue weighted by atomic mass is 19.1. The highest BCUT2D eigenvalue weighted by Crippen LogP contribution is 1.76. The number of carbonyl (C=O) groups excluding carboxylic acids is 1. The van der Waals surface area contributed by atoms with Crippen LogP contribution in [-0.4, -0.2) is 33.2 Å². The lowest BCUT2D eigenvalue weighted by Crippen LogP contribution is -2.27. The molecule has 60 valence electrons. The van der Waals surface area contributed by atoms with Crippen LogP contribution in [0.3, 0.4) is 0 Å². The number of rotatable bonds is 4. The summed E-state index contributed by atoms with van der Waals surface area (Å²) in [6, 6.07) is 0. The van der Waals surface area contributed by atoms with Crippen molar-refractivity contribution >= 4 is 6.09 Å². The van der Waals surface area contributed by atoms with Gasteiger partial charge in [-0.2, -0.15) is 0 Å². The Morgan fingerprint density at radius 3 is 2.90 bits per heavy atom. The molecule has 0 rings (SSSR count). The molecule has 1 amide bonds. The first-order chi connectivity index (χ1) is 4.81. The Kier molecular flexibility index (Phi) is 5.75. The van der Waals surface area contributed by atoms with Gasteiger partial charge in [0.15, 0.2) is 0 Å². The number of halogens is 1. The van der Waals surface area contributed by atoms with Crippen molar-refractivity contribution in [2.45, 2.75) is 0 Å². The van der Waals surface area contributed by atoms with E-state index < -0.39 is 13.0 Å². The topological polar surface area (TPSA) is 47.6 Å². The molecule has 0 saturated heterocycles. The lowest BCUT2D eigenvalue weighted by Gasteiger charge is -2.01. The second-order valence-electron chi connectivity index (χ2n) is 1.46. The normalized spacial score (nSPS) is 9.00. The van der Waals surface area contributed by atoms with Crippen LogP contribution in [0.2, 0.25) is 0 Å². The Bertz CT molecular complexity index is 98.9. The van der Waals surface area contributed by atoms with E-state index in [1.165, 1.54) is 7.11 Å². The number of amides is 1. The maximum Gasteiger partial charge on any atom is 0.409 e. The molecule has 0 atom stereocenters. The van der Waals surface area contributed by atoms with Crippen LogP contribution in [-0.2, 0) is 9.47 Å². The van der Waals surface area contributed by atoms with E-state index in [1.54, 1.807) is 0 Å². The molecule has 1 N–H and O–H groups in total. The Hall–Kier alpha value is -0.840. The molecule has 0 aliphatic heterocycles. The largest absolute Gasteiger partial charge is 0.418 e. The summed E-state index contributed by atoms with van der Waals surface area (Å²) < 4.78 is 19.8. The number of nitrogens with one attached hydrogen (secondary N) is 1. The molecule has 0 aromatic carbocycles. The molecule has 0 spiro atoms. The highest BCUT2D eigenvalue weighted by molar-refractivity contribution is 5.66. The van der Waals surface area contributed by atoms with Gasteiger partial charge in [0.2, 0.25) is 6.86 Å². The molecule has 0 heterocycles. The lowest BCUT2D eigenvalue weighted by atomic mass is 10.7. The quantitative estimate of drug-likeness (QED) is 0.587. The molecular formula is C5H10FNO3. The van der Waals surface area contributed by atoms with E-state index in [4.69, 9.17) is 0 Å². The van der Waals surface area contributed by atoms with Crippen LogP contribution >= 0.6 is 0 Å². The molecule has 4 nitrogen and oxygen atoms in total. The second kappa shape index (κ2) is 6.28. The summed E-state index contributed by atoms with van der Waals surface area (Å²) in [5.74, 6) is 0. The maximum atomic E-state index is 11.2. The first-order valence-electron chi connectivity index (χ1n) is 2.76. The zero-order valence-electron chi connectivity index (χ0n) is 5.72. The van der Waals surface area contributed by atoms with Gasteiger partial charge in [-0.15, -0.1) is 0 Å². The van der Waals surface area contributed by atoms with Crippen molar-refractivity contribution in [2.24, 2.45) is 0 Å². The van der Waals surface area contributed by atoms with E-state index in [0.717, 1.165) is 0 Å². The summed E-state index contributed by atoms with van der Waals surface area (Å²) >= 11 is 0. The van der Waals surface area contributed by atoms with Crippen molar-refractivity contribution in [3.63, 3.8) is 0 Å². The van der Waals surface area contributed by atoms with Gasteiger partial charge in [0.1, 0.15) is 0 Å². The number of alkyl carbamates (subject to hydrolysis) is 1. The van der Waals surface area contributed by atoms with Gasteiger partial charge in [0.05, 0.1) is 6.61 Å². The van der Waals surface area contributed by atoms with Crippen LogP contribution < -0.4 is 5.32 Å². The minimum absolute atomic E-state index is 0.329. The average molecular weight is 151 g/mol. The standard InChI is InChI=1S/C5H10FNO3/c1-9-3-2-7-5(8)10-4-6/h2-4H2,1H3,(H,7,8). The minimum atomic E-state index is -1.10. The monoisotopic (exact) mass is 151 g/mol. The van der Waals surface area contributed by atoms with Gasteiger partial charge >= 0.3 is 6.09 Å². The van der Waals surface area contributed by atoms with Crippen molar-refractivity contribution < 1.29 is 18.7 Å². The molecule has 0 fully saturated rings. The predicted octanol–water partition coefficient (Wildman–Crippen LogP) is 0.286. The van der Waals surface area contributed by atoms with E-state index in [9.17, 15) is 9.18 Å². The summed E-state index contributed by atoms with van der Waals surface area (Å²) in [6.07, 6.45) is -0.764. The van der Waals surface area contributed by atoms with Crippen LogP contribution in [0.5, 0.6) is 0 Å². The number of alkyl halides is 1. The van der Waals surface area contributed by atoms with Crippen LogP contribution in [0.15, 0.2) is 0 Å². The lowest BCUT2D eigenvalue weighted by molar-refractivity contribution is 0.0954. The maximum absolute atomic E-state index is 11.2. The Morgan fingerprint density at radius 2 is 2.40 bits per heavy atom. The van der Waals surface area contributed by atoms with Crippen molar-refractivity contribution in [3.05, 3.63) is 0 Å². The molecule has 0 aliphatic rings. The van der Waals surface area contributed by atoms with Crippen molar-refractivity contribution in [1.82, 2.24) is 5.32 Å². The molecule has 0 aliphatic carbocycles. The minimum Gasteiger partial charge on any atom is -0.418 e. The second-order valence-corrected chi connectivity index (χ2v) is 1.46. The van der Waals surface area contributed by atoms with Gasteiger partial charge < -0.3 is 14.8 Å². The van der Waals surface area contributed by atoms with Gasteiger partial charge in [-0.3, -0.25) is 0 Å². The summed E-state index contributed by atoms with van der Waals surface area (Å²) in [6.45, 7) is -0.379. The van der Waals surface area contributed by atoms with Gasteiger partial charge in [-0.1, -0.05) is 0 Å². The summed E-state index contributed by atoms with van der Waals surface area (Å²) in [5, 5.41) is 2.26. The van der Waals surface area contributed by atoms with Crippen LogP contribution in [0, 0.1) is 0 Å². The number of carbonyl (C=O) groups is 1. The van der Waals surface area contributed by atoms with Crippen LogP contribution in [0.25, 0.3) is 0 Å². The Morgan fingerprint density at radius 1 is 1.70 bits per heavy atom. The van der Waals surface area contributed by atoms with Gasteiger partial charge in [-0.05, 0) is 0 Å². The van der Waals surface area contributed by atoms with Crippen molar-refractivity contribution in [1.29, 1.82) is 0 Å². The fourth-order valence-corrected chi connectivity index (χ4v) is 0.356. The van der Waals surface area contributed by atoms with E-state index in [-0.39, 0.29) is 0 Å². The Labute approximate surface area is 58.3 Å². The van der Waals surface area contributed by atoms with Crippen molar-refractivity contribution in [2.75, 3.05) is 27.1 Å². The molecule has 10 heavy (non-hydrogen) atoms. The summed E-state index contributed by atoms with van der Waals surface area (Å²) in [4.78, 5) is 10.3. The van der Waals surface area contributed by atoms with Crippen molar-refractivity contribution in [3.8, 4) is 0 Å². The summed E-state index contributed by atoms with van der Waals surface area (Å²) in [7, 11) is 1.50. The third kappa shape index (κ3) is 5.30. The molecule has 5 heteroatoms. The molecule has 0 saturated carbocycles. The van der Waals surface area contributed by atoms with Gasteiger partial charge in [0, 0.05) is 13.7 Å². The molecule has 0 aromatic rings. The number of hydrogen-bond acceptors (Lipinski definition) is 3. The summed E-state index contributed by atoms with van der Waals surface area (Å²) in [5.41, 5.74) is 0. The Balaban J connectivity index is 3.05. The molecule has 0 radical (unpaired) electrons. The fraction of sp³-hybridized carbons (Fsp3) is 0.800. The third-order valence-electron chi connectivity index (χ3n) is 0.761. The van der Waals surface area contributed by atoms with Crippen LogP contribution in [0.1, 0.15) is 0 Å². The zero-order valence-corrected chi connectivity index (χ0v) is 5.72. The smallest absolute Gasteiger partial charge is 0.409 e. The van der Waals surface area contributed by atoms with E-state index in [1.807, 2.05) is 0 Å². The number of ether oxygens (including phenoxy) is 2. The fourth-order valence-electron chi connectivity index (χ4n) is 0.356. The van der Waals surface area contributed by atoms with E-state index >= 15 is 0 Å². The van der Waals surface area contributed by atoms with E-state index in [0.29, 0.717) is 13.2 Å². The first kappa shape index (κ1) is 9.16. The van der Waals surface area contributed by atoms with Gasteiger partial charge in [-0.25, -0.2) is 9.18 Å². The average Bonchev–Trinajstić information content (AvgIpc) is 1.89. The molecule has 0 aromatic heterocycles. The molecule has 0 unspecified atom stereocenters. The molecular weight excluding hydrogens is 141 g/mol. The number of hydrogen-bond donors (Lipinski definition) is 1. The molecule has 0 bridgehead atoms. The van der Waals surface area contributed by atoms with E-state index in [2.05, 4.69) is 14.8 Å². The highest BCUT2D eigenvalue weighted by Gasteiger charge is 1.97. The third-order valence-corrected chi connectivity index (χ3v) is 0.761. The first-order valence-corrected chi connectivity index (χ1v) is 2.76. The predicted molar refractivity (Wildman–Crippen MR) is 32.3 cm³/mol.